The Hall–Kier alpha value is -2.37. The van der Waals surface area contributed by atoms with Crippen molar-refractivity contribution in [2.24, 2.45) is 11.8 Å². The van der Waals surface area contributed by atoms with E-state index in [0.717, 1.165) is 37.8 Å². The fourth-order valence-corrected chi connectivity index (χ4v) is 5.45. The van der Waals surface area contributed by atoms with Crippen LogP contribution in [0.3, 0.4) is 0 Å². The Labute approximate surface area is 178 Å². The molecule has 2 aliphatic heterocycles. The summed E-state index contributed by atoms with van der Waals surface area (Å²) in [7, 11) is 0. The van der Waals surface area contributed by atoms with Crippen molar-refractivity contribution in [3.05, 3.63) is 35.9 Å². The summed E-state index contributed by atoms with van der Waals surface area (Å²) in [5.74, 6) is 0.677. The van der Waals surface area contributed by atoms with Gasteiger partial charge in [-0.25, -0.2) is 0 Å². The van der Waals surface area contributed by atoms with E-state index in [9.17, 15) is 14.4 Å². The fraction of sp³-hybridized carbons (Fsp3) is 0.625. The van der Waals surface area contributed by atoms with Crippen LogP contribution in [0.1, 0.15) is 50.5 Å². The predicted octanol–water partition coefficient (Wildman–Crippen LogP) is 2.08. The third-order valence-corrected chi connectivity index (χ3v) is 7.57. The highest BCUT2D eigenvalue weighted by Crippen LogP contribution is 2.43. The Morgan fingerprint density at radius 2 is 1.73 bits per heavy atom. The molecule has 6 heteroatoms. The van der Waals surface area contributed by atoms with Crippen molar-refractivity contribution in [3.8, 4) is 0 Å². The summed E-state index contributed by atoms with van der Waals surface area (Å²) in [5, 5.41) is 3.01. The molecule has 4 fully saturated rings. The minimum Gasteiger partial charge on any atom is -0.356 e. The zero-order valence-corrected chi connectivity index (χ0v) is 17.5. The normalized spacial score (nSPS) is 26.0. The maximum atomic E-state index is 13.5. The molecule has 0 spiro atoms. The van der Waals surface area contributed by atoms with Gasteiger partial charge in [0.25, 0.3) is 0 Å². The van der Waals surface area contributed by atoms with Crippen LogP contribution in [0.4, 0.5) is 0 Å². The molecule has 0 bridgehead atoms. The molecule has 0 aromatic heterocycles. The van der Waals surface area contributed by atoms with Crippen molar-refractivity contribution in [1.82, 2.24) is 15.1 Å². The monoisotopic (exact) mass is 409 g/mol. The molecule has 5 rings (SSSR count). The van der Waals surface area contributed by atoms with E-state index >= 15 is 0 Å². The maximum absolute atomic E-state index is 13.5. The summed E-state index contributed by atoms with van der Waals surface area (Å²) in [4.78, 5) is 42.2. The number of rotatable bonds is 6. The van der Waals surface area contributed by atoms with Crippen molar-refractivity contribution in [2.45, 2.75) is 56.4 Å². The highest BCUT2D eigenvalue weighted by atomic mass is 16.2. The first-order valence-corrected chi connectivity index (χ1v) is 11.5. The molecule has 2 heterocycles. The fourth-order valence-electron chi connectivity index (χ4n) is 5.45. The number of hydrogen-bond donors (Lipinski definition) is 1. The van der Waals surface area contributed by atoms with Gasteiger partial charge in [0.15, 0.2) is 0 Å². The Morgan fingerprint density at radius 3 is 2.40 bits per heavy atom. The van der Waals surface area contributed by atoms with Crippen LogP contribution in [0.2, 0.25) is 0 Å². The lowest BCUT2D eigenvalue weighted by Gasteiger charge is -2.47. The van der Waals surface area contributed by atoms with Gasteiger partial charge in [0.1, 0.15) is 0 Å². The number of carbonyl (C=O) groups excluding carboxylic acids is 3. The Morgan fingerprint density at radius 1 is 1.03 bits per heavy atom. The van der Waals surface area contributed by atoms with E-state index in [0.29, 0.717) is 32.0 Å². The minimum atomic E-state index is -0.396. The molecular weight excluding hydrogens is 378 g/mol. The lowest BCUT2D eigenvalue weighted by atomic mass is 9.76. The molecule has 2 saturated heterocycles. The van der Waals surface area contributed by atoms with E-state index in [1.165, 1.54) is 12.8 Å². The van der Waals surface area contributed by atoms with Crippen molar-refractivity contribution >= 4 is 17.7 Å². The van der Waals surface area contributed by atoms with E-state index in [1.807, 2.05) is 28.0 Å². The number of hydrogen-bond acceptors (Lipinski definition) is 3. The van der Waals surface area contributed by atoms with Crippen LogP contribution < -0.4 is 5.32 Å². The highest BCUT2D eigenvalue weighted by Gasteiger charge is 2.50. The summed E-state index contributed by atoms with van der Waals surface area (Å²) >= 11 is 0. The Bertz CT molecular complexity index is 823. The van der Waals surface area contributed by atoms with Gasteiger partial charge in [-0.2, -0.15) is 0 Å². The Kier molecular flexibility index (Phi) is 5.03. The first-order chi connectivity index (χ1) is 14.6. The van der Waals surface area contributed by atoms with Crippen LogP contribution in [0.5, 0.6) is 0 Å². The van der Waals surface area contributed by atoms with Gasteiger partial charge in [-0.1, -0.05) is 43.2 Å². The van der Waals surface area contributed by atoms with Crippen LogP contribution in [-0.2, 0) is 19.8 Å². The number of likely N-dealkylation sites (tertiary alicyclic amines) is 2. The molecule has 1 aromatic carbocycles. The largest absolute Gasteiger partial charge is 0.356 e. The van der Waals surface area contributed by atoms with E-state index in [1.54, 1.807) is 0 Å². The van der Waals surface area contributed by atoms with E-state index in [-0.39, 0.29) is 29.7 Å². The quantitative estimate of drug-likeness (QED) is 0.782. The molecular formula is C24H31N3O3. The number of carbonyl (C=O) groups is 3. The minimum absolute atomic E-state index is 0.0130. The summed E-state index contributed by atoms with van der Waals surface area (Å²) in [6.07, 6.45) is 6.68. The number of benzene rings is 1. The molecule has 4 aliphatic rings. The molecule has 2 saturated carbocycles. The second-order valence-corrected chi connectivity index (χ2v) is 9.65. The first-order valence-electron chi connectivity index (χ1n) is 11.5. The average Bonchev–Trinajstić information content (AvgIpc) is 3.28. The summed E-state index contributed by atoms with van der Waals surface area (Å²) in [5.41, 5.74) is 0.729. The number of nitrogens with zero attached hydrogens (tertiary/aromatic N) is 2. The molecule has 160 valence electrons. The lowest BCUT2D eigenvalue weighted by Crippen LogP contribution is -2.64. The van der Waals surface area contributed by atoms with Crippen molar-refractivity contribution in [3.63, 3.8) is 0 Å². The third-order valence-electron chi connectivity index (χ3n) is 7.57. The smallest absolute Gasteiger partial charge is 0.233 e. The molecule has 0 radical (unpaired) electrons. The van der Waals surface area contributed by atoms with Crippen molar-refractivity contribution in [1.29, 1.82) is 0 Å². The van der Waals surface area contributed by atoms with Crippen LogP contribution in [0.25, 0.3) is 0 Å². The summed E-state index contributed by atoms with van der Waals surface area (Å²) < 4.78 is 0. The molecule has 1 unspecified atom stereocenters. The molecule has 1 atom stereocenters. The lowest BCUT2D eigenvalue weighted by molar-refractivity contribution is -0.149. The molecule has 3 amide bonds. The summed E-state index contributed by atoms with van der Waals surface area (Å²) in [6, 6.07) is 10.2. The molecule has 30 heavy (non-hydrogen) atoms. The van der Waals surface area contributed by atoms with E-state index < -0.39 is 5.41 Å². The first kappa shape index (κ1) is 19.6. The number of nitrogens with one attached hydrogen (secondary N) is 1. The molecule has 1 N–H and O–H groups in total. The Balaban J connectivity index is 1.19. The van der Waals surface area contributed by atoms with Crippen LogP contribution in [0.15, 0.2) is 30.3 Å². The predicted molar refractivity (Wildman–Crippen MR) is 113 cm³/mol. The van der Waals surface area contributed by atoms with Gasteiger partial charge in [-0.3, -0.25) is 14.4 Å². The van der Waals surface area contributed by atoms with Crippen LogP contribution >= 0.6 is 0 Å². The maximum Gasteiger partial charge on any atom is 0.233 e. The number of amides is 3. The SMILES string of the molecule is O=C(NCC1CC1)C1CC(=O)N(C2CN(C(=O)C3(c4ccccc4)CCCC3)C2)C1. The second-order valence-electron chi connectivity index (χ2n) is 9.65. The topological polar surface area (TPSA) is 69.7 Å². The third kappa shape index (κ3) is 3.50. The standard InChI is InChI=1S/C24H31N3O3/c28-21-12-18(22(29)25-13-17-8-9-17)14-27(21)20-15-26(16-20)23(30)24(10-4-5-11-24)19-6-2-1-3-7-19/h1-3,6-7,17-18,20H,4-5,8-16H2,(H,25,29). The zero-order valence-electron chi connectivity index (χ0n) is 17.5. The zero-order chi connectivity index (χ0) is 20.7. The van der Waals surface area contributed by atoms with Crippen LogP contribution in [-0.4, -0.2) is 59.7 Å². The molecule has 1 aromatic rings. The van der Waals surface area contributed by atoms with Gasteiger partial charge < -0.3 is 15.1 Å². The van der Waals surface area contributed by atoms with Gasteiger partial charge in [0.05, 0.1) is 17.4 Å². The highest BCUT2D eigenvalue weighted by molar-refractivity contribution is 5.91. The van der Waals surface area contributed by atoms with Gasteiger partial charge >= 0.3 is 0 Å². The summed E-state index contributed by atoms with van der Waals surface area (Å²) in [6.45, 7) is 2.42. The molecule has 6 nitrogen and oxygen atoms in total. The van der Waals surface area contributed by atoms with Gasteiger partial charge in [0, 0.05) is 32.6 Å². The molecule has 2 aliphatic carbocycles. The van der Waals surface area contributed by atoms with E-state index in [2.05, 4.69) is 17.4 Å². The van der Waals surface area contributed by atoms with Gasteiger partial charge in [-0.05, 0) is 37.2 Å². The van der Waals surface area contributed by atoms with Gasteiger partial charge in [0.2, 0.25) is 17.7 Å². The van der Waals surface area contributed by atoms with Crippen LogP contribution in [0, 0.1) is 11.8 Å². The second kappa shape index (κ2) is 7.71. The van der Waals surface area contributed by atoms with Crippen molar-refractivity contribution in [2.75, 3.05) is 26.2 Å². The van der Waals surface area contributed by atoms with Gasteiger partial charge in [-0.15, -0.1) is 0 Å². The van der Waals surface area contributed by atoms with Crippen molar-refractivity contribution < 1.29 is 14.4 Å². The van der Waals surface area contributed by atoms with E-state index in [4.69, 9.17) is 0 Å². The average molecular weight is 410 g/mol.